The summed E-state index contributed by atoms with van der Waals surface area (Å²) < 4.78 is 0. The highest BCUT2D eigenvalue weighted by Gasteiger charge is 2.23. The van der Waals surface area contributed by atoms with E-state index in [4.69, 9.17) is 5.11 Å². The van der Waals surface area contributed by atoms with Crippen molar-refractivity contribution in [1.82, 2.24) is 0 Å². The van der Waals surface area contributed by atoms with Gasteiger partial charge in [0.15, 0.2) is 5.78 Å². The third kappa shape index (κ3) is 2.63. The largest absolute Gasteiger partial charge is 0.478 e. The molecule has 0 fully saturated rings. The van der Waals surface area contributed by atoms with E-state index in [0.29, 0.717) is 16.7 Å². The molecule has 0 saturated carbocycles. The second-order valence-electron chi connectivity index (χ2n) is 3.70. The molecule has 0 aromatic heterocycles. The molecule has 0 heterocycles. The Bertz CT molecular complexity index is 545. The number of carboxylic acids is 1. The van der Waals surface area contributed by atoms with Crippen molar-refractivity contribution in [2.45, 2.75) is 6.92 Å². The van der Waals surface area contributed by atoms with Gasteiger partial charge in [-0.3, -0.25) is 4.79 Å². The maximum Gasteiger partial charge on any atom is 0.336 e. The van der Waals surface area contributed by atoms with Gasteiger partial charge in [0, 0.05) is 11.1 Å². The Labute approximate surface area is 106 Å². The molecular weight excluding hydrogens is 228 g/mol. The minimum Gasteiger partial charge on any atom is -0.478 e. The van der Waals surface area contributed by atoms with E-state index in [9.17, 15) is 9.59 Å². The Morgan fingerprint density at radius 2 is 1.89 bits per heavy atom. The van der Waals surface area contributed by atoms with E-state index in [0.717, 1.165) is 0 Å². The molecule has 18 heavy (non-hydrogen) atoms. The summed E-state index contributed by atoms with van der Waals surface area (Å²) in [6.07, 6.45) is 4.90. The van der Waals surface area contributed by atoms with Crippen LogP contribution in [0.5, 0.6) is 0 Å². The number of fused-ring (bicyclic) bond motifs is 1. The lowest BCUT2D eigenvalue weighted by molar-refractivity contribution is 0.0696. The standard InChI is InChI=1S/C11H8O3.C4H6/c1-6-5-9-7(10(6)12)3-2-4-8(9)11(13)14;1-3-4-2/h2-5H,1H3,(H,13,14);3-4H,1-2H2. The highest BCUT2D eigenvalue weighted by Crippen LogP contribution is 2.27. The average molecular weight is 242 g/mol. The number of allylic oxidation sites excluding steroid dienone is 3. The van der Waals surface area contributed by atoms with Gasteiger partial charge < -0.3 is 5.11 Å². The Morgan fingerprint density at radius 1 is 1.28 bits per heavy atom. The van der Waals surface area contributed by atoms with Crippen molar-refractivity contribution in [1.29, 1.82) is 0 Å². The molecule has 0 spiro atoms. The second kappa shape index (κ2) is 5.77. The first kappa shape index (κ1) is 13.6. The molecule has 92 valence electrons. The topological polar surface area (TPSA) is 54.4 Å². The third-order valence-corrected chi connectivity index (χ3v) is 2.47. The van der Waals surface area contributed by atoms with Crippen molar-refractivity contribution < 1.29 is 14.7 Å². The molecule has 3 heteroatoms. The Hall–Kier alpha value is -2.42. The van der Waals surface area contributed by atoms with Gasteiger partial charge >= 0.3 is 5.97 Å². The number of Topliss-reactive ketones (excluding diaryl/α,β-unsaturated/α-hetero) is 1. The fraction of sp³-hybridized carbons (Fsp3) is 0.0667. The van der Waals surface area contributed by atoms with Gasteiger partial charge in [0.05, 0.1) is 5.56 Å². The maximum atomic E-state index is 11.5. The van der Waals surface area contributed by atoms with Crippen molar-refractivity contribution in [3.05, 3.63) is 65.8 Å². The molecule has 0 aliphatic heterocycles. The molecule has 0 amide bonds. The highest BCUT2D eigenvalue weighted by atomic mass is 16.4. The minimum absolute atomic E-state index is 0.0805. The van der Waals surface area contributed by atoms with Crippen molar-refractivity contribution in [2.24, 2.45) is 0 Å². The van der Waals surface area contributed by atoms with Crippen LogP contribution in [0.15, 0.2) is 49.1 Å². The van der Waals surface area contributed by atoms with Crippen LogP contribution in [0.2, 0.25) is 0 Å². The van der Waals surface area contributed by atoms with Gasteiger partial charge in [-0.05, 0) is 24.6 Å². The number of carbonyl (C=O) groups is 2. The van der Waals surface area contributed by atoms with E-state index in [-0.39, 0.29) is 11.3 Å². The van der Waals surface area contributed by atoms with Gasteiger partial charge in [0.1, 0.15) is 0 Å². The number of aromatic carboxylic acids is 1. The van der Waals surface area contributed by atoms with Crippen LogP contribution >= 0.6 is 0 Å². The van der Waals surface area contributed by atoms with Crippen LogP contribution in [0.4, 0.5) is 0 Å². The Kier molecular flexibility index (Phi) is 4.38. The number of hydrogen-bond donors (Lipinski definition) is 1. The van der Waals surface area contributed by atoms with Crippen LogP contribution in [0.3, 0.4) is 0 Å². The van der Waals surface area contributed by atoms with Crippen molar-refractivity contribution in [3.8, 4) is 0 Å². The van der Waals surface area contributed by atoms with Gasteiger partial charge in [0.2, 0.25) is 0 Å². The molecule has 3 nitrogen and oxygen atoms in total. The van der Waals surface area contributed by atoms with Gasteiger partial charge in [0.25, 0.3) is 0 Å². The molecule has 0 atom stereocenters. The zero-order valence-corrected chi connectivity index (χ0v) is 10.1. The smallest absolute Gasteiger partial charge is 0.336 e. The Morgan fingerprint density at radius 3 is 2.39 bits per heavy atom. The van der Waals surface area contributed by atoms with Crippen LogP contribution in [-0.2, 0) is 0 Å². The predicted molar refractivity (Wildman–Crippen MR) is 71.8 cm³/mol. The number of rotatable bonds is 2. The maximum absolute atomic E-state index is 11.5. The fourth-order valence-corrected chi connectivity index (χ4v) is 1.60. The van der Waals surface area contributed by atoms with E-state index in [1.807, 2.05) is 0 Å². The first-order valence-electron chi connectivity index (χ1n) is 5.35. The van der Waals surface area contributed by atoms with Crippen LogP contribution in [-0.4, -0.2) is 16.9 Å². The van der Waals surface area contributed by atoms with Crippen molar-refractivity contribution in [3.63, 3.8) is 0 Å². The van der Waals surface area contributed by atoms with Crippen LogP contribution in [0.25, 0.3) is 6.08 Å². The summed E-state index contributed by atoms with van der Waals surface area (Å²) in [4.78, 5) is 22.3. The monoisotopic (exact) mass is 242 g/mol. The lowest BCUT2D eigenvalue weighted by Gasteiger charge is -2.00. The van der Waals surface area contributed by atoms with Gasteiger partial charge in [-0.25, -0.2) is 4.79 Å². The lowest BCUT2D eigenvalue weighted by atomic mass is 10.0. The molecule has 1 N–H and O–H groups in total. The summed E-state index contributed by atoms with van der Waals surface area (Å²) >= 11 is 0. The summed E-state index contributed by atoms with van der Waals surface area (Å²) in [6, 6.07) is 4.74. The predicted octanol–water partition coefficient (Wildman–Crippen LogP) is 3.34. The second-order valence-corrected chi connectivity index (χ2v) is 3.70. The molecule has 0 radical (unpaired) electrons. The summed E-state index contributed by atoms with van der Waals surface area (Å²) in [5.41, 5.74) is 1.80. The molecule has 0 saturated heterocycles. The zero-order chi connectivity index (χ0) is 13.7. The quantitative estimate of drug-likeness (QED) is 0.809. The number of ketones is 1. The number of carbonyl (C=O) groups excluding carboxylic acids is 1. The molecule has 2 rings (SSSR count). The van der Waals surface area contributed by atoms with E-state index in [2.05, 4.69) is 13.2 Å². The van der Waals surface area contributed by atoms with Crippen molar-refractivity contribution in [2.75, 3.05) is 0 Å². The molecule has 1 aromatic carbocycles. The average Bonchev–Trinajstić information content (AvgIpc) is 2.65. The lowest BCUT2D eigenvalue weighted by Crippen LogP contribution is -2.02. The van der Waals surface area contributed by atoms with Crippen LogP contribution in [0, 0.1) is 0 Å². The molecule has 0 bridgehead atoms. The van der Waals surface area contributed by atoms with E-state index in [1.165, 1.54) is 6.07 Å². The molecule has 1 aliphatic rings. The fourth-order valence-electron chi connectivity index (χ4n) is 1.60. The number of hydrogen-bond acceptors (Lipinski definition) is 2. The first-order valence-corrected chi connectivity index (χ1v) is 5.35. The van der Waals surface area contributed by atoms with Crippen LogP contribution < -0.4 is 0 Å². The van der Waals surface area contributed by atoms with E-state index >= 15 is 0 Å². The molecule has 0 unspecified atom stereocenters. The molecule has 1 aromatic rings. The summed E-state index contributed by atoms with van der Waals surface area (Å²) in [7, 11) is 0. The molecular formula is C15H14O3. The van der Waals surface area contributed by atoms with Gasteiger partial charge in [-0.15, -0.1) is 0 Å². The number of carboxylic acid groups (broad SMARTS) is 1. The number of benzene rings is 1. The molecule has 1 aliphatic carbocycles. The zero-order valence-electron chi connectivity index (χ0n) is 10.1. The summed E-state index contributed by atoms with van der Waals surface area (Å²) in [5.74, 6) is -1.08. The summed E-state index contributed by atoms with van der Waals surface area (Å²) in [6.45, 7) is 8.41. The Balaban J connectivity index is 0.000000357. The third-order valence-electron chi connectivity index (χ3n) is 2.47. The normalized spacial score (nSPS) is 11.8. The summed E-state index contributed by atoms with van der Waals surface area (Å²) in [5, 5.41) is 8.88. The van der Waals surface area contributed by atoms with Gasteiger partial charge in [-0.1, -0.05) is 37.4 Å². The van der Waals surface area contributed by atoms with Crippen molar-refractivity contribution >= 4 is 17.8 Å². The van der Waals surface area contributed by atoms with Gasteiger partial charge in [-0.2, -0.15) is 0 Å². The highest BCUT2D eigenvalue weighted by molar-refractivity contribution is 6.19. The SMILES string of the molecule is C=CC=C.CC1=Cc2c(C(=O)O)cccc2C1=O. The minimum atomic E-state index is -0.999. The van der Waals surface area contributed by atoms with E-state index in [1.54, 1.807) is 37.3 Å². The van der Waals surface area contributed by atoms with E-state index < -0.39 is 5.97 Å². The first-order chi connectivity index (χ1) is 8.52. The van der Waals surface area contributed by atoms with Crippen LogP contribution in [0.1, 0.15) is 33.2 Å².